The minimum Gasteiger partial charge on any atom is -0.399 e. The Balaban J connectivity index is 1.82. The fourth-order valence-electron chi connectivity index (χ4n) is 1.71. The summed E-state index contributed by atoms with van der Waals surface area (Å²) in [4.78, 5) is 12.4. The Hall–Kier alpha value is -2.76. The van der Waals surface area contributed by atoms with Crippen LogP contribution in [0.15, 0.2) is 47.2 Å². The Kier molecular flexibility index (Phi) is 2.89. The second-order valence-corrected chi connectivity index (χ2v) is 4.01. The maximum atomic E-state index is 5.72. The molecule has 0 fully saturated rings. The van der Waals surface area contributed by atoms with Gasteiger partial charge < -0.3 is 10.3 Å². The highest BCUT2D eigenvalue weighted by atomic mass is 16.5. The molecule has 0 saturated carbocycles. The Morgan fingerprint density at radius 1 is 1.05 bits per heavy atom. The zero-order valence-electron chi connectivity index (χ0n) is 10.0. The lowest BCUT2D eigenvalue weighted by molar-refractivity contribution is 0.385. The Morgan fingerprint density at radius 3 is 2.68 bits per heavy atom. The molecule has 6 nitrogen and oxygen atoms in total. The normalized spacial score (nSPS) is 10.5. The number of hydrogen-bond donors (Lipinski definition) is 1. The van der Waals surface area contributed by atoms with Gasteiger partial charge in [0, 0.05) is 18.1 Å². The number of nitrogens with two attached hydrogens (primary N) is 1. The fraction of sp³-hybridized carbons (Fsp3) is 0.0769. The lowest BCUT2D eigenvalue weighted by Gasteiger charge is -1.97. The molecule has 3 aromatic rings. The van der Waals surface area contributed by atoms with E-state index in [1.54, 1.807) is 18.5 Å². The van der Waals surface area contributed by atoms with Crippen LogP contribution >= 0.6 is 0 Å². The summed E-state index contributed by atoms with van der Waals surface area (Å²) in [6.07, 6.45) is 3.80. The van der Waals surface area contributed by atoms with Crippen LogP contribution in [0.25, 0.3) is 11.6 Å². The Bertz CT molecular complexity index is 680. The topological polar surface area (TPSA) is 90.7 Å². The van der Waals surface area contributed by atoms with Gasteiger partial charge in [-0.15, -0.1) is 0 Å². The standard InChI is InChI=1S/C13H11N5O/c14-10-4-1-3-9(7-10)8-11-17-13(18-19-11)12-15-5-2-6-16-12/h1-7H,8,14H2. The van der Waals surface area contributed by atoms with Gasteiger partial charge >= 0.3 is 0 Å². The molecule has 0 saturated heterocycles. The number of aromatic nitrogens is 4. The van der Waals surface area contributed by atoms with E-state index in [4.69, 9.17) is 10.3 Å². The number of hydrogen-bond acceptors (Lipinski definition) is 6. The van der Waals surface area contributed by atoms with E-state index in [9.17, 15) is 0 Å². The first-order valence-electron chi connectivity index (χ1n) is 5.75. The van der Waals surface area contributed by atoms with Gasteiger partial charge in [0.05, 0.1) is 6.42 Å². The van der Waals surface area contributed by atoms with Gasteiger partial charge in [0.1, 0.15) is 0 Å². The third-order valence-electron chi connectivity index (χ3n) is 2.54. The first kappa shape index (κ1) is 11.3. The summed E-state index contributed by atoms with van der Waals surface area (Å²) >= 11 is 0. The Morgan fingerprint density at radius 2 is 1.89 bits per heavy atom. The van der Waals surface area contributed by atoms with Crippen molar-refractivity contribution >= 4 is 5.69 Å². The SMILES string of the molecule is Nc1cccc(Cc2nc(-c3ncccn3)no2)c1. The molecule has 19 heavy (non-hydrogen) atoms. The molecule has 1 aromatic carbocycles. The summed E-state index contributed by atoms with van der Waals surface area (Å²) < 4.78 is 5.18. The van der Waals surface area contributed by atoms with Crippen LogP contribution in [0.5, 0.6) is 0 Å². The van der Waals surface area contributed by atoms with E-state index in [0.29, 0.717) is 29.6 Å². The summed E-state index contributed by atoms with van der Waals surface area (Å²) in [5, 5.41) is 3.86. The second kappa shape index (κ2) is 4.85. The molecule has 0 radical (unpaired) electrons. The van der Waals surface area contributed by atoms with Crippen LogP contribution in [0.2, 0.25) is 0 Å². The van der Waals surface area contributed by atoms with Crippen molar-refractivity contribution in [2.24, 2.45) is 0 Å². The average molecular weight is 253 g/mol. The highest BCUT2D eigenvalue weighted by molar-refractivity contribution is 5.42. The van der Waals surface area contributed by atoms with Crippen molar-refractivity contribution in [1.29, 1.82) is 0 Å². The van der Waals surface area contributed by atoms with Crippen LogP contribution in [0.3, 0.4) is 0 Å². The summed E-state index contributed by atoms with van der Waals surface area (Å²) in [5.41, 5.74) is 7.45. The van der Waals surface area contributed by atoms with E-state index >= 15 is 0 Å². The van der Waals surface area contributed by atoms with E-state index in [-0.39, 0.29) is 0 Å². The van der Waals surface area contributed by atoms with Gasteiger partial charge in [0.25, 0.3) is 0 Å². The molecule has 0 unspecified atom stereocenters. The van der Waals surface area contributed by atoms with Gasteiger partial charge in [-0.2, -0.15) is 4.98 Å². The summed E-state index contributed by atoms with van der Waals surface area (Å²) in [5.74, 6) is 1.35. The van der Waals surface area contributed by atoms with Gasteiger partial charge in [-0.1, -0.05) is 17.3 Å². The first-order chi connectivity index (χ1) is 9.31. The van der Waals surface area contributed by atoms with Crippen molar-refractivity contribution in [3.63, 3.8) is 0 Å². The average Bonchev–Trinajstić information content (AvgIpc) is 2.88. The zero-order valence-corrected chi connectivity index (χ0v) is 10.0. The van der Waals surface area contributed by atoms with E-state index in [0.717, 1.165) is 5.56 Å². The van der Waals surface area contributed by atoms with Crippen LogP contribution in [-0.2, 0) is 6.42 Å². The van der Waals surface area contributed by atoms with Gasteiger partial charge in [0.15, 0.2) is 0 Å². The molecule has 0 aliphatic heterocycles. The molecule has 0 atom stereocenters. The molecule has 2 aromatic heterocycles. The highest BCUT2D eigenvalue weighted by Gasteiger charge is 2.10. The minimum absolute atomic E-state index is 0.388. The third-order valence-corrected chi connectivity index (χ3v) is 2.54. The maximum Gasteiger partial charge on any atom is 0.240 e. The van der Waals surface area contributed by atoms with Gasteiger partial charge in [-0.25, -0.2) is 9.97 Å². The number of rotatable bonds is 3. The largest absolute Gasteiger partial charge is 0.399 e. The van der Waals surface area contributed by atoms with Crippen molar-refractivity contribution in [3.05, 3.63) is 54.2 Å². The third kappa shape index (κ3) is 2.57. The van der Waals surface area contributed by atoms with Crippen molar-refractivity contribution < 1.29 is 4.52 Å². The smallest absolute Gasteiger partial charge is 0.240 e. The molecule has 0 amide bonds. The van der Waals surface area contributed by atoms with Gasteiger partial charge in [-0.3, -0.25) is 0 Å². The number of benzene rings is 1. The quantitative estimate of drug-likeness (QED) is 0.714. The predicted octanol–water partition coefficient (Wildman–Crippen LogP) is 1.70. The van der Waals surface area contributed by atoms with Crippen molar-refractivity contribution in [1.82, 2.24) is 20.1 Å². The number of nitrogens with zero attached hydrogens (tertiary/aromatic N) is 4. The number of nitrogen functional groups attached to an aromatic ring is 1. The van der Waals surface area contributed by atoms with Gasteiger partial charge in [-0.05, 0) is 23.8 Å². The lowest BCUT2D eigenvalue weighted by atomic mass is 10.1. The molecule has 0 spiro atoms. The van der Waals surface area contributed by atoms with Crippen molar-refractivity contribution in [3.8, 4) is 11.6 Å². The highest BCUT2D eigenvalue weighted by Crippen LogP contribution is 2.14. The predicted molar refractivity (Wildman–Crippen MR) is 69.0 cm³/mol. The molecule has 3 rings (SSSR count). The van der Waals surface area contributed by atoms with Crippen LogP contribution in [0.4, 0.5) is 5.69 Å². The monoisotopic (exact) mass is 253 g/mol. The maximum absolute atomic E-state index is 5.72. The van der Waals surface area contributed by atoms with Crippen molar-refractivity contribution in [2.75, 3.05) is 5.73 Å². The van der Waals surface area contributed by atoms with Crippen LogP contribution < -0.4 is 5.73 Å². The molecule has 0 aliphatic rings. The van der Waals surface area contributed by atoms with E-state index in [2.05, 4.69) is 20.1 Å². The zero-order chi connectivity index (χ0) is 13.1. The van der Waals surface area contributed by atoms with Crippen molar-refractivity contribution in [2.45, 2.75) is 6.42 Å². The molecule has 6 heteroatoms. The summed E-state index contributed by atoms with van der Waals surface area (Å²) in [6, 6.07) is 9.29. The molecule has 0 bridgehead atoms. The molecular weight excluding hydrogens is 242 g/mol. The Labute approximate surface area is 109 Å². The van der Waals surface area contributed by atoms with Gasteiger partial charge in [0.2, 0.25) is 17.5 Å². The first-order valence-corrected chi connectivity index (χ1v) is 5.75. The lowest BCUT2D eigenvalue weighted by Crippen LogP contribution is -1.92. The van der Waals surface area contributed by atoms with Crippen LogP contribution in [-0.4, -0.2) is 20.1 Å². The fourth-order valence-corrected chi connectivity index (χ4v) is 1.71. The molecule has 2 heterocycles. The van der Waals surface area contributed by atoms with E-state index in [1.165, 1.54) is 0 Å². The van der Waals surface area contributed by atoms with Crippen LogP contribution in [0.1, 0.15) is 11.5 Å². The minimum atomic E-state index is 0.388. The molecule has 2 N–H and O–H groups in total. The molecule has 0 aliphatic carbocycles. The second-order valence-electron chi connectivity index (χ2n) is 4.01. The van der Waals surface area contributed by atoms with Crippen LogP contribution in [0, 0.1) is 0 Å². The summed E-state index contributed by atoms with van der Waals surface area (Å²) in [6.45, 7) is 0. The molecular formula is C13H11N5O. The van der Waals surface area contributed by atoms with E-state index < -0.39 is 0 Å². The van der Waals surface area contributed by atoms with E-state index in [1.807, 2.05) is 24.3 Å². The molecule has 94 valence electrons. The number of anilines is 1. The summed E-state index contributed by atoms with van der Waals surface area (Å²) in [7, 11) is 0.